The fourth-order valence-corrected chi connectivity index (χ4v) is 1.57. The Morgan fingerprint density at radius 3 is 2.72 bits per heavy atom. The molecule has 3 N–H and O–H groups in total. The Morgan fingerprint density at radius 1 is 1.44 bits per heavy atom. The van der Waals surface area contributed by atoms with E-state index < -0.39 is 12.1 Å². The van der Waals surface area contributed by atoms with Gasteiger partial charge in [0.25, 0.3) is 5.91 Å². The van der Waals surface area contributed by atoms with E-state index in [4.69, 9.17) is 21.8 Å². The summed E-state index contributed by atoms with van der Waals surface area (Å²) in [5, 5.41) is 20.5. The molecule has 0 aliphatic carbocycles. The van der Waals surface area contributed by atoms with Crippen molar-refractivity contribution in [3.8, 4) is 0 Å². The fraction of sp³-hybridized carbons (Fsp3) is 0.333. The molecule has 1 aromatic carbocycles. The van der Waals surface area contributed by atoms with Gasteiger partial charge < -0.3 is 15.5 Å². The molecule has 5 nitrogen and oxygen atoms in total. The zero-order valence-electron chi connectivity index (χ0n) is 9.81. The van der Waals surface area contributed by atoms with E-state index in [1.807, 2.05) is 0 Å². The van der Waals surface area contributed by atoms with Crippen LogP contribution >= 0.6 is 11.6 Å². The van der Waals surface area contributed by atoms with Crippen molar-refractivity contribution < 1.29 is 19.8 Å². The van der Waals surface area contributed by atoms with Gasteiger partial charge in [0.2, 0.25) is 0 Å². The normalized spacial score (nSPS) is 11.9. The van der Waals surface area contributed by atoms with E-state index in [0.717, 1.165) is 0 Å². The Labute approximate surface area is 109 Å². The van der Waals surface area contributed by atoms with Crippen LogP contribution in [0.25, 0.3) is 0 Å². The number of aliphatic carboxylic acids is 1. The van der Waals surface area contributed by atoms with E-state index in [0.29, 0.717) is 16.1 Å². The zero-order chi connectivity index (χ0) is 13.7. The maximum atomic E-state index is 11.8. The number of carbonyl (C=O) groups is 2. The molecule has 0 spiro atoms. The number of benzene rings is 1. The maximum Gasteiger partial charge on any atom is 0.332 e. The van der Waals surface area contributed by atoms with Crippen LogP contribution in [0.15, 0.2) is 18.2 Å². The van der Waals surface area contributed by atoms with Crippen molar-refractivity contribution in [1.29, 1.82) is 0 Å². The lowest BCUT2D eigenvalue weighted by Crippen LogP contribution is -2.30. The minimum Gasteiger partial charge on any atom is -0.479 e. The number of hydrogen-bond donors (Lipinski definition) is 3. The molecule has 0 aliphatic heterocycles. The summed E-state index contributed by atoms with van der Waals surface area (Å²) in [6, 6.07) is 4.97. The van der Waals surface area contributed by atoms with Gasteiger partial charge in [-0.25, -0.2) is 4.79 Å². The van der Waals surface area contributed by atoms with Crippen LogP contribution in [0.3, 0.4) is 0 Å². The Morgan fingerprint density at radius 2 is 2.11 bits per heavy atom. The van der Waals surface area contributed by atoms with Gasteiger partial charge in [0.05, 0.1) is 0 Å². The van der Waals surface area contributed by atoms with Crippen molar-refractivity contribution >= 4 is 23.5 Å². The van der Waals surface area contributed by atoms with Crippen LogP contribution in [0, 0.1) is 6.92 Å². The minimum atomic E-state index is -1.47. The summed E-state index contributed by atoms with van der Waals surface area (Å²) in [5.74, 6) is -1.64. The van der Waals surface area contributed by atoms with Gasteiger partial charge in [0, 0.05) is 23.6 Å². The highest BCUT2D eigenvalue weighted by Gasteiger charge is 2.14. The van der Waals surface area contributed by atoms with Crippen molar-refractivity contribution in [3.63, 3.8) is 0 Å². The van der Waals surface area contributed by atoms with Crippen LogP contribution in [-0.4, -0.2) is 34.7 Å². The summed E-state index contributed by atoms with van der Waals surface area (Å²) in [7, 11) is 0. The lowest BCUT2D eigenvalue weighted by Gasteiger charge is -2.09. The van der Waals surface area contributed by atoms with Crippen LogP contribution in [0.4, 0.5) is 0 Å². The van der Waals surface area contributed by atoms with Gasteiger partial charge in [0.1, 0.15) is 0 Å². The highest BCUT2D eigenvalue weighted by molar-refractivity contribution is 6.31. The van der Waals surface area contributed by atoms with Gasteiger partial charge in [-0.3, -0.25) is 4.79 Å². The molecule has 1 rings (SSSR count). The Hall–Kier alpha value is -1.59. The number of carboxylic acids is 1. The van der Waals surface area contributed by atoms with E-state index in [2.05, 4.69) is 5.32 Å². The molecule has 1 atom stereocenters. The summed E-state index contributed by atoms with van der Waals surface area (Å²) >= 11 is 5.89. The quantitative estimate of drug-likeness (QED) is 0.751. The molecule has 0 aliphatic rings. The molecule has 0 saturated carbocycles. The highest BCUT2D eigenvalue weighted by Crippen LogP contribution is 2.18. The first kappa shape index (κ1) is 14.5. The Bertz CT molecular complexity index is 461. The number of rotatable bonds is 5. The van der Waals surface area contributed by atoms with E-state index in [-0.39, 0.29) is 18.9 Å². The lowest BCUT2D eigenvalue weighted by atomic mass is 10.1. The number of amides is 1. The molecule has 0 aromatic heterocycles. The molecule has 98 valence electrons. The van der Waals surface area contributed by atoms with Crippen molar-refractivity contribution in [2.75, 3.05) is 6.54 Å². The second-order valence-corrected chi connectivity index (χ2v) is 4.22. The maximum absolute atomic E-state index is 11.8. The van der Waals surface area contributed by atoms with E-state index in [1.54, 1.807) is 25.1 Å². The molecule has 18 heavy (non-hydrogen) atoms. The zero-order valence-corrected chi connectivity index (χ0v) is 10.6. The average molecular weight is 272 g/mol. The summed E-state index contributed by atoms with van der Waals surface area (Å²) in [6.45, 7) is 1.81. The summed E-state index contributed by atoms with van der Waals surface area (Å²) in [6.07, 6.45) is -1.51. The van der Waals surface area contributed by atoms with E-state index >= 15 is 0 Å². The third-order valence-electron chi connectivity index (χ3n) is 2.50. The SMILES string of the molecule is Cc1c(Cl)cccc1C(=O)NCC[C@H](O)C(=O)O. The van der Waals surface area contributed by atoms with Crippen LogP contribution < -0.4 is 5.32 Å². The molecule has 0 bridgehead atoms. The number of aliphatic hydroxyl groups excluding tert-OH is 1. The predicted octanol–water partition coefficient (Wildman–Crippen LogP) is 1.21. The monoisotopic (exact) mass is 271 g/mol. The van der Waals surface area contributed by atoms with Gasteiger partial charge >= 0.3 is 5.97 Å². The lowest BCUT2D eigenvalue weighted by molar-refractivity contribution is -0.146. The average Bonchev–Trinajstić information content (AvgIpc) is 2.32. The second-order valence-electron chi connectivity index (χ2n) is 3.81. The summed E-state index contributed by atoms with van der Waals surface area (Å²) in [4.78, 5) is 22.1. The standard InChI is InChI=1S/C12H14ClNO4/c1-7-8(3-2-4-9(7)13)11(16)14-6-5-10(15)12(17)18/h2-4,10,15H,5-6H2,1H3,(H,14,16)(H,17,18)/t10-/m0/s1. The number of carboxylic acid groups (broad SMARTS) is 1. The van der Waals surface area contributed by atoms with Gasteiger partial charge in [-0.15, -0.1) is 0 Å². The van der Waals surface area contributed by atoms with Gasteiger partial charge in [0.15, 0.2) is 6.10 Å². The largest absolute Gasteiger partial charge is 0.479 e. The smallest absolute Gasteiger partial charge is 0.332 e. The molecule has 0 unspecified atom stereocenters. The third kappa shape index (κ3) is 3.72. The highest BCUT2D eigenvalue weighted by atomic mass is 35.5. The second kappa shape index (κ2) is 6.37. The summed E-state index contributed by atoms with van der Waals surface area (Å²) in [5.41, 5.74) is 1.10. The summed E-state index contributed by atoms with van der Waals surface area (Å²) < 4.78 is 0. The third-order valence-corrected chi connectivity index (χ3v) is 2.91. The molecule has 0 radical (unpaired) electrons. The van der Waals surface area contributed by atoms with E-state index in [9.17, 15) is 9.59 Å². The van der Waals surface area contributed by atoms with Crippen LogP contribution in [0.5, 0.6) is 0 Å². The molecule has 1 amide bonds. The van der Waals surface area contributed by atoms with Crippen LogP contribution in [0.1, 0.15) is 22.3 Å². The molecular formula is C12H14ClNO4. The van der Waals surface area contributed by atoms with Crippen molar-refractivity contribution in [3.05, 3.63) is 34.3 Å². The van der Waals surface area contributed by atoms with Crippen LogP contribution in [-0.2, 0) is 4.79 Å². The van der Waals surface area contributed by atoms with Crippen molar-refractivity contribution in [2.24, 2.45) is 0 Å². The number of halogens is 1. The molecule has 0 heterocycles. The molecule has 0 saturated heterocycles. The first-order valence-electron chi connectivity index (χ1n) is 5.37. The molecule has 0 fully saturated rings. The molecular weight excluding hydrogens is 258 g/mol. The first-order chi connectivity index (χ1) is 8.43. The Kier molecular flexibility index (Phi) is 5.12. The molecule has 1 aromatic rings. The van der Waals surface area contributed by atoms with Crippen molar-refractivity contribution in [2.45, 2.75) is 19.4 Å². The van der Waals surface area contributed by atoms with E-state index in [1.165, 1.54) is 0 Å². The number of hydrogen-bond acceptors (Lipinski definition) is 3. The number of aliphatic hydroxyl groups is 1. The minimum absolute atomic E-state index is 0.0410. The molecule has 6 heteroatoms. The topological polar surface area (TPSA) is 86.6 Å². The number of nitrogens with one attached hydrogen (secondary N) is 1. The number of carbonyl (C=O) groups excluding carboxylic acids is 1. The van der Waals surface area contributed by atoms with Crippen LogP contribution in [0.2, 0.25) is 5.02 Å². The van der Waals surface area contributed by atoms with Gasteiger partial charge in [-0.1, -0.05) is 17.7 Å². The first-order valence-corrected chi connectivity index (χ1v) is 5.75. The Balaban J connectivity index is 2.56. The fourth-order valence-electron chi connectivity index (χ4n) is 1.39. The predicted molar refractivity (Wildman–Crippen MR) is 66.8 cm³/mol. The van der Waals surface area contributed by atoms with Gasteiger partial charge in [-0.05, 0) is 24.6 Å². The van der Waals surface area contributed by atoms with Gasteiger partial charge in [-0.2, -0.15) is 0 Å². The van der Waals surface area contributed by atoms with Crippen molar-refractivity contribution in [1.82, 2.24) is 5.32 Å².